The average Bonchev–Trinajstić information content (AvgIpc) is 2.16. The van der Waals surface area contributed by atoms with Crippen molar-refractivity contribution in [3.05, 3.63) is 0 Å². The minimum atomic E-state index is -0.0275. The molecule has 0 radical (unpaired) electrons. The Hall–Kier alpha value is -0.120. The van der Waals surface area contributed by atoms with E-state index in [9.17, 15) is 5.11 Å². The van der Waals surface area contributed by atoms with Gasteiger partial charge in [-0.3, -0.25) is 9.80 Å². The lowest BCUT2D eigenvalue weighted by molar-refractivity contribution is -0.0481. The molecule has 2 saturated carbocycles. The Kier molecular flexibility index (Phi) is 2.71. The van der Waals surface area contributed by atoms with E-state index in [-0.39, 0.29) is 6.10 Å². The van der Waals surface area contributed by atoms with Gasteiger partial charge in [-0.15, -0.1) is 0 Å². The third-order valence-electron chi connectivity index (χ3n) is 4.61. The summed E-state index contributed by atoms with van der Waals surface area (Å²) in [7, 11) is 0. The van der Waals surface area contributed by atoms with Gasteiger partial charge in [-0.05, 0) is 25.7 Å². The molecule has 0 aromatic carbocycles. The Morgan fingerprint density at radius 1 is 0.800 bits per heavy atom. The highest BCUT2D eigenvalue weighted by Gasteiger charge is 2.36. The summed E-state index contributed by atoms with van der Waals surface area (Å²) in [5, 5.41) is 9.64. The maximum absolute atomic E-state index is 9.64. The van der Waals surface area contributed by atoms with E-state index in [1.165, 1.54) is 51.9 Å². The van der Waals surface area contributed by atoms with Crippen LogP contribution >= 0.6 is 0 Å². The molecule has 3 heteroatoms. The first-order valence-electron chi connectivity index (χ1n) is 6.51. The predicted molar refractivity (Wildman–Crippen MR) is 59.8 cm³/mol. The molecular weight excluding hydrogens is 188 g/mol. The van der Waals surface area contributed by atoms with Crippen LogP contribution in [0, 0.1) is 0 Å². The van der Waals surface area contributed by atoms with Crippen molar-refractivity contribution in [2.45, 2.75) is 50.3 Å². The van der Waals surface area contributed by atoms with Crippen LogP contribution in [0.15, 0.2) is 0 Å². The molecule has 0 bridgehead atoms. The smallest absolute Gasteiger partial charge is 0.0696 e. The molecule has 3 aliphatic rings. The molecule has 0 aromatic rings. The summed E-state index contributed by atoms with van der Waals surface area (Å²) in [4.78, 5) is 5.16. The highest BCUT2D eigenvalue weighted by molar-refractivity contribution is 4.92. The number of rotatable bonds is 2. The summed E-state index contributed by atoms with van der Waals surface area (Å²) in [5.41, 5.74) is 0. The van der Waals surface area contributed by atoms with E-state index in [1.54, 1.807) is 0 Å². The molecule has 86 valence electrons. The van der Waals surface area contributed by atoms with Crippen LogP contribution in [0.1, 0.15) is 32.1 Å². The van der Waals surface area contributed by atoms with Gasteiger partial charge < -0.3 is 5.11 Å². The SMILES string of the molecule is O[C@@H]1CC[C@H]1N1CCN(C2CCC2)CC1. The zero-order valence-corrected chi connectivity index (χ0v) is 9.44. The van der Waals surface area contributed by atoms with E-state index in [1.807, 2.05) is 0 Å². The second kappa shape index (κ2) is 4.04. The highest BCUT2D eigenvalue weighted by atomic mass is 16.3. The predicted octanol–water partition coefficient (Wildman–Crippen LogP) is 0.680. The van der Waals surface area contributed by atoms with Crippen molar-refractivity contribution in [2.24, 2.45) is 0 Å². The van der Waals surface area contributed by atoms with Crippen LogP contribution in [-0.2, 0) is 0 Å². The van der Waals surface area contributed by atoms with E-state index in [2.05, 4.69) is 9.80 Å². The van der Waals surface area contributed by atoms with Gasteiger partial charge in [0.15, 0.2) is 0 Å². The maximum Gasteiger partial charge on any atom is 0.0696 e. The van der Waals surface area contributed by atoms with Gasteiger partial charge in [0.25, 0.3) is 0 Å². The Bertz CT molecular complexity index is 222. The van der Waals surface area contributed by atoms with Crippen molar-refractivity contribution in [3.8, 4) is 0 Å². The van der Waals surface area contributed by atoms with Gasteiger partial charge >= 0.3 is 0 Å². The van der Waals surface area contributed by atoms with Crippen molar-refractivity contribution in [3.63, 3.8) is 0 Å². The summed E-state index contributed by atoms with van der Waals surface area (Å²) >= 11 is 0. The van der Waals surface area contributed by atoms with Crippen LogP contribution in [0.3, 0.4) is 0 Å². The van der Waals surface area contributed by atoms with Gasteiger partial charge in [-0.25, -0.2) is 0 Å². The van der Waals surface area contributed by atoms with Crippen molar-refractivity contribution < 1.29 is 5.11 Å². The van der Waals surface area contributed by atoms with E-state index < -0.39 is 0 Å². The highest BCUT2D eigenvalue weighted by Crippen LogP contribution is 2.29. The van der Waals surface area contributed by atoms with Crippen LogP contribution in [-0.4, -0.2) is 59.3 Å². The lowest BCUT2D eigenvalue weighted by atomic mass is 9.86. The Morgan fingerprint density at radius 3 is 1.87 bits per heavy atom. The topological polar surface area (TPSA) is 26.7 Å². The van der Waals surface area contributed by atoms with Gasteiger partial charge in [-0.2, -0.15) is 0 Å². The summed E-state index contributed by atoms with van der Waals surface area (Å²) in [6.07, 6.45) is 6.49. The second-order valence-corrected chi connectivity index (χ2v) is 5.37. The number of hydrogen-bond acceptors (Lipinski definition) is 3. The molecule has 3 nitrogen and oxygen atoms in total. The van der Waals surface area contributed by atoms with Crippen molar-refractivity contribution >= 4 is 0 Å². The van der Waals surface area contributed by atoms with Gasteiger partial charge in [0.05, 0.1) is 6.10 Å². The first-order valence-corrected chi connectivity index (χ1v) is 6.51. The van der Waals surface area contributed by atoms with Crippen molar-refractivity contribution in [1.29, 1.82) is 0 Å². The molecule has 0 unspecified atom stereocenters. The number of aliphatic hydroxyl groups excluding tert-OH is 1. The molecule has 1 N–H and O–H groups in total. The fourth-order valence-electron chi connectivity index (χ4n) is 3.08. The summed E-state index contributed by atoms with van der Waals surface area (Å²) in [6.45, 7) is 4.82. The molecule has 2 aliphatic carbocycles. The van der Waals surface area contributed by atoms with Crippen LogP contribution in [0.25, 0.3) is 0 Å². The summed E-state index contributed by atoms with van der Waals surface area (Å²) in [6, 6.07) is 1.40. The summed E-state index contributed by atoms with van der Waals surface area (Å²) < 4.78 is 0. The van der Waals surface area contributed by atoms with Crippen LogP contribution in [0.4, 0.5) is 0 Å². The maximum atomic E-state index is 9.64. The molecule has 0 aromatic heterocycles. The third kappa shape index (κ3) is 1.81. The Labute approximate surface area is 92.1 Å². The molecule has 15 heavy (non-hydrogen) atoms. The number of piperazine rings is 1. The van der Waals surface area contributed by atoms with Gasteiger partial charge in [-0.1, -0.05) is 6.42 Å². The number of hydrogen-bond donors (Lipinski definition) is 1. The van der Waals surface area contributed by atoms with Crippen LogP contribution in [0.2, 0.25) is 0 Å². The lowest BCUT2D eigenvalue weighted by Gasteiger charge is -2.48. The zero-order valence-electron chi connectivity index (χ0n) is 9.44. The average molecular weight is 210 g/mol. The zero-order chi connectivity index (χ0) is 10.3. The number of aliphatic hydroxyl groups is 1. The third-order valence-corrected chi connectivity index (χ3v) is 4.61. The molecule has 1 heterocycles. The van der Waals surface area contributed by atoms with Crippen molar-refractivity contribution in [2.75, 3.05) is 26.2 Å². The monoisotopic (exact) mass is 210 g/mol. The molecule has 0 spiro atoms. The molecule has 2 atom stereocenters. The minimum Gasteiger partial charge on any atom is -0.391 e. The standard InChI is InChI=1S/C12H22N2O/c15-12-5-4-11(12)14-8-6-13(7-9-14)10-2-1-3-10/h10-12,15H,1-9H2/t11-,12-/m1/s1. The first-order chi connectivity index (χ1) is 7.34. The Morgan fingerprint density at radius 2 is 1.47 bits per heavy atom. The van der Waals surface area contributed by atoms with Crippen molar-refractivity contribution in [1.82, 2.24) is 9.80 Å². The fourth-order valence-corrected chi connectivity index (χ4v) is 3.08. The quantitative estimate of drug-likeness (QED) is 0.726. The van der Waals surface area contributed by atoms with Gasteiger partial charge in [0.2, 0.25) is 0 Å². The largest absolute Gasteiger partial charge is 0.391 e. The van der Waals surface area contributed by atoms with Crippen LogP contribution in [0.5, 0.6) is 0 Å². The molecule has 3 rings (SSSR count). The lowest BCUT2D eigenvalue weighted by Crippen LogP contribution is -2.59. The van der Waals surface area contributed by atoms with Gasteiger partial charge in [0.1, 0.15) is 0 Å². The molecule has 1 saturated heterocycles. The molecule has 0 amide bonds. The van der Waals surface area contributed by atoms with Gasteiger partial charge in [0, 0.05) is 38.3 Å². The number of nitrogens with zero attached hydrogens (tertiary/aromatic N) is 2. The first kappa shape index (κ1) is 10.1. The molecule has 1 aliphatic heterocycles. The molecular formula is C12H22N2O. The van der Waals surface area contributed by atoms with E-state index in [0.717, 1.165) is 12.5 Å². The summed E-state index contributed by atoms with van der Waals surface area (Å²) in [5.74, 6) is 0. The van der Waals surface area contributed by atoms with E-state index >= 15 is 0 Å². The molecule has 3 fully saturated rings. The Balaban J connectivity index is 1.47. The van der Waals surface area contributed by atoms with E-state index in [0.29, 0.717) is 6.04 Å². The second-order valence-electron chi connectivity index (χ2n) is 5.37. The fraction of sp³-hybridized carbons (Fsp3) is 1.00. The normalized spacial score (nSPS) is 39.8. The van der Waals surface area contributed by atoms with E-state index in [4.69, 9.17) is 0 Å². The minimum absolute atomic E-state index is 0.0275. The van der Waals surface area contributed by atoms with Crippen LogP contribution < -0.4 is 0 Å².